The zero-order valence-electron chi connectivity index (χ0n) is 15.7. The van der Waals surface area contributed by atoms with Crippen molar-refractivity contribution in [3.05, 3.63) is 75.5 Å². The molecule has 30 heavy (non-hydrogen) atoms. The van der Waals surface area contributed by atoms with Crippen LogP contribution in [0, 0.1) is 21.7 Å². The smallest absolute Gasteiger partial charge is 0.293 e. The first-order valence-electron chi connectivity index (χ1n) is 9.49. The minimum Gasteiger partial charge on any atom is -0.319 e. The Kier molecular flexibility index (Phi) is 3.96. The fraction of sp³-hybridized carbons (Fsp3) is 0.238. The second-order valence-electron chi connectivity index (χ2n) is 7.70. The fourth-order valence-corrected chi connectivity index (χ4v) is 4.24. The van der Waals surface area contributed by atoms with Gasteiger partial charge in [-0.2, -0.15) is 5.10 Å². The molecule has 5 rings (SSSR count). The Morgan fingerprint density at radius 3 is 2.67 bits per heavy atom. The summed E-state index contributed by atoms with van der Waals surface area (Å²) in [7, 11) is 0. The number of nitrogens with zero attached hydrogens (tertiary/aromatic N) is 3. The van der Waals surface area contributed by atoms with Gasteiger partial charge < -0.3 is 5.32 Å². The predicted molar refractivity (Wildman–Crippen MR) is 104 cm³/mol. The average Bonchev–Trinajstić information content (AvgIpc) is 3.24. The molecule has 1 amide bonds. The van der Waals surface area contributed by atoms with Crippen LogP contribution in [0.4, 0.5) is 20.2 Å². The van der Waals surface area contributed by atoms with Crippen LogP contribution in [0.5, 0.6) is 0 Å². The number of benzene rings is 2. The van der Waals surface area contributed by atoms with Crippen molar-refractivity contribution in [3.8, 4) is 11.3 Å². The summed E-state index contributed by atoms with van der Waals surface area (Å²) in [5.41, 5.74) is 1.30. The first kappa shape index (κ1) is 18.4. The minimum atomic E-state index is -0.699. The highest BCUT2D eigenvalue weighted by molar-refractivity contribution is 6.09. The molecule has 2 aromatic carbocycles. The Morgan fingerprint density at radius 1 is 1.20 bits per heavy atom. The summed E-state index contributed by atoms with van der Waals surface area (Å²) >= 11 is 0. The first-order valence-corrected chi connectivity index (χ1v) is 9.49. The Labute approximate surface area is 169 Å². The van der Waals surface area contributed by atoms with Gasteiger partial charge in [-0.15, -0.1) is 0 Å². The monoisotopic (exact) mass is 410 g/mol. The van der Waals surface area contributed by atoms with Crippen LogP contribution in [0.25, 0.3) is 11.3 Å². The summed E-state index contributed by atoms with van der Waals surface area (Å²) in [4.78, 5) is 23.6. The van der Waals surface area contributed by atoms with E-state index in [0.717, 1.165) is 12.5 Å². The minimum absolute atomic E-state index is 0.0864. The Morgan fingerprint density at radius 2 is 2.00 bits per heavy atom. The number of nitro benzene ring substituents is 1. The molecule has 3 aromatic rings. The molecule has 9 heteroatoms. The van der Waals surface area contributed by atoms with E-state index in [-0.39, 0.29) is 29.4 Å². The van der Waals surface area contributed by atoms with Gasteiger partial charge in [0.05, 0.1) is 22.6 Å². The molecular formula is C21H16F2N4O3. The van der Waals surface area contributed by atoms with Crippen molar-refractivity contribution < 1.29 is 18.5 Å². The largest absolute Gasteiger partial charge is 0.319 e. The third-order valence-corrected chi connectivity index (χ3v) is 5.99. The molecule has 1 spiro atoms. The molecule has 0 bridgehead atoms. The number of anilines is 1. The van der Waals surface area contributed by atoms with E-state index < -0.39 is 22.0 Å². The number of carbonyl (C=O) groups is 1. The number of nitrogens with one attached hydrogen (secondary N) is 1. The molecule has 0 radical (unpaired) electrons. The molecular weight excluding hydrogens is 394 g/mol. The fourth-order valence-electron chi connectivity index (χ4n) is 4.24. The van der Waals surface area contributed by atoms with Crippen molar-refractivity contribution in [3.63, 3.8) is 0 Å². The van der Waals surface area contributed by atoms with Crippen molar-refractivity contribution in [1.29, 1.82) is 0 Å². The summed E-state index contributed by atoms with van der Waals surface area (Å²) in [6, 6.07) is 8.18. The van der Waals surface area contributed by atoms with Crippen LogP contribution in [0.3, 0.4) is 0 Å². The van der Waals surface area contributed by atoms with Crippen LogP contribution in [0.2, 0.25) is 0 Å². The number of fused-ring (bicyclic) bond motifs is 2. The van der Waals surface area contributed by atoms with Crippen molar-refractivity contribution in [2.75, 3.05) is 5.32 Å². The van der Waals surface area contributed by atoms with Gasteiger partial charge in [0.2, 0.25) is 5.91 Å². The maximum absolute atomic E-state index is 13.9. The van der Waals surface area contributed by atoms with Crippen molar-refractivity contribution in [1.82, 2.24) is 9.78 Å². The molecule has 1 N–H and O–H groups in total. The van der Waals surface area contributed by atoms with Crippen LogP contribution in [0.15, 0.2) is 42.6 Å². The van der Waals surface area contributed by atoms with E-state index in [0.29, 0.717) is 29.7 Å². The summed E-state index contributed by atoms with van der Waals surface area (Å²) < 4.78 is 28.5. The van der Waals surface area contributed by atoms with E-state index in [2.05, 4.69) is 10.4 Å². The second kappa shape index (κ2) is 6.45. The summed E-state index contributed by atoms with van der Waals surface area (Å²) in [6.07, 6.45) is 3.83. The molecule has 2 heterocycles. The van der Waals surface area contributed by atoms with Crippen molar-refractivity contribution in [2.24, 2.45) is 0 Å². The lowest BCUT2D eigenvalue weighted by Gasteiger charge is -2.36. The molecule has 1 aromatic heterocycles. The lowest BCUT2D eigenvalue weighted by molar-refractivity contribution is -0.383. The van der Waals surface area contributed by atoms with Crippen LogP contribution in [-0.4, -0.2) is 20.6 Å². The number of rotatable bonds is 4. The van der Waals surface area contributed by atoms with E-state index in [4.69, 9.17) is 0 Å². The third kappa shape index (κ3) is 2.69. The topological polar surface area (TPSA) is 90.1 Å². The van der Waals surface area contributed by atoms with Gasteiger partial charge in [0, 0.05) is 29.5 Å². The van der Waals surface area contributed by atoms with E-state index in [1.54, 1.807) is 18.3 Å². The standard InChI is InChI=1S/C21H16F2N4O3/c22-14-3-2-12(16(23)10-14)11-26-7-4-17(25-26)13-8-15-19(18(9-13)27(29)30)24-20(28)21(15)5-1-6-21/h2-4,7-10H,1,5-6,11H2,(H,24,28). The van der Waals surface area contributed by atoms with Gasteiger partial charge in [-0.3, -0.25) is 19.6 Å². The Hall–Kier alpha value is -3.62. The normalized spacial score (nSPS) is 16.3. The van der Waals surface area contributed by atoms with E-state index in [9.17, 15) is 23.7 Å². The number of amides is 1. The predicted octanol–water partition coefficient (Wildman–Crippen LogP) is 4.16. The van der Waals surface area contributed by atoms with Crippen LogP contribution in [-0.2, 0) is 16.8 Å². The highest BCUT2D eigenvalue weighted by atomic mass is 19.1. The lowest BCUT2D eigenvalue weighted by Crippen LogP contribution is -2.40. The molecule has 152 valence electrons. The number of hydrogen-bond donors (Lipinski definition) is 1. The first-order chi connectivity index (χ1) is 14.4. The Bertz CT molecular complexity index is 1220. The maximum Gasteiger partial charge on any atom is 0.293 e. The SMILES string of the molecule is O=C1Nc2c([N+](=O)[O-])cc(-c3ccn(Cc4ccc(F)cc4F)n3)cc2C12CCC2. The zero-order valence-corrected chi connectivity index (χ0v) is 15.7. The molecule has 0 saturated heterocycles. The number of aromatic nitrogens is 2. The molecule has 1 aliphatic carbocycles. The lowest BCUT2D eigenvalue weighted by atomic mass is 9.65. The van der Waals surface area contributed by atoms with Crippen molar-refractivity contribution >= 4 is 17.3 Å². The molecule has 0 atom stereocenters. The molecule has 1 saturated carbocycles. The van der Waals surface area contributed by atoms with Gasteiger partial charge in [0.15, 0.2) is 0 Å². The van der Waals surface area contributed by atoms with E-state index >= 15 is 0 Å². The molecule has 0 unspecified atom stereocenters. The van der Waals surface area contributed by atoms with E-state index in [1.807, 2.05) is 0 Å². The number of hydrogen-bond acceptors (Lipinski definition) is 4. The maximum atomic E-state index is 13.9. The summed E-state index contributed by atoms with van der Waals surface area (Å²) in [5, 5.41) is 18.7. The van der Waals surface area contributed by atoms with Crippen molar-refractivity contribution in [2.45, 2.75) is 31.2 Å². The second-order valence-corrected chi connectivity index (χ2v) is 7.70. The number of halogens is 2. The molecule has 2 aliphatic rings. The van der Waals surface area contributed by atoms with Gasteiger partial charge in [-0.1, -0.05) is 12.5 Å². The van der Waals surface area contributed by atoms with Gasteiger partial charge in [0.1, 0.15) is 17.3 Å². The molecule has 1 aliphatic heterocycles. The zero-order chi connectivity index (χ0) is 21.0. The van der Waals surface area contributed by atoms with E-state index in [1.165, 1.54) is 22.9 Å². The quantitative estimate of drug-likeness (QED) is 0.517. The van der Waals surface area contributed by atoms with Crippen LogP contribution < -0.4 is 5.32 Å². The molecule has 1 fully saturated rings. The van der Waals surface area contributed by atoms with Gasteiger partial charge in [0.25, 0.3) is 5.69 Å². The average molecular weight is 410 g/mol. The highest BCUT2D eigenvalue weighted by Crippen LogP contribution is 2.54. The third-order valence-electron chi connectivity index (χ3n) is 5.99. The molecule has 7 nitrogen and oxygen atoms in total. The highest BCUT2D eigenvalue weighted by Gasteiger charge is 2.53. The van der Waals surface area contributed by atoms with Gasteiger partial charge >= 0.3 is 0 Å². The van der Waals surface area contributed by atoms with Gasteiger partial charge in [-0.25, -0.2) is 8.78 Å². The van der Waals surface area contributed by atoms with Crippen LogP contribution >= 0.6 is 0 Å². The summed E-state index contributed by atoms with van der Waals surface area (Å²) in [5.74, 6) is -1.52. The number of nitro groups is 1. The number of carbonyl (C=O) groups excluding carboxylic acids is 1. The summed E-state index contributed by atoms with van der Waals surface area (Å²) in [6.45, 7) is 0.0864. The Balaban J connectivity index is 1.53. The van der Waals surface area contributed by atoms with Gasteiger partial charge in [-0.05, 0) is 36.6 Å². The van der Waals surface area contributed by atoms with Crippen LogP contribution in [0.1, 0.15) is 30.4 Å².